The van der Waals surface area contributed by atoms with E-state index in [0.717, 1.165) is 22.3 Å². The minimum absolute atomic E-state index is 0.0208. The van der Waals surface area contributed by atoms with Gasteiger partial charge in [-0.05, 0) is 35.1 Å². The molecule has 3 aromatic rings. The van der Waals surface area contributed by atoms with Crippen molar-refractivity contribution in [1.82, 2.24) is 20.6 Å². The van der Waals surface area contributed by atoms with Gasteiger partial charge in [0.15, 0.2) is 0 Å². The van der Waals surface area contributed by atoms with Crippen LogP contribution in [0.15, 0.2) is 61.1 Å². The normalized spacial score (nSPS) is 16.0. The number of hydrogen-bond acceptors (Lipinski definition) is 5. The Morgan fingerprint density at radius 1 is 1.09 bits per heavy atom. The predicted octanol–water partition coefficient (Wildman–Crippen LogP) is 2.84. The fraction of sp³-hybridized carbons (Fsp3) is 0.308. The van der Waals surface area contributed by atoms with Crippen molar-refractivity contribution in [1.29, 1.82) is 0 Å². The Balaban J connectivity index is 1.24. The van der Waals surface area contributed by atoms with Gasteiger partial charge in [0.25, 0.3) is 0 Å². The van der Waals surface area contributed by atoms with Gasteiger partial charge in [-0.2, -0.15) is 0 Å². The summed E-state index contributed by atoms with van der Waals surface area (Å²) in [6, 6.07) is 15.1. The third-order valence-corrected chi connectivity index (χ3v) is 6.84. The number of fused-ring (bicyclic) bond motifs is 3. The molecule has 0 aliphatic heterocycles. The molecule has 180 valence electrons. The van der Waals surface area contributed by atoms with E-state index in [-0.39, 0.29) is 25.5 Å². The maximum atomic E-state index is 12.9. The highest BCUT2D eigenvalue weighted by Crippen LogP contribution is 2.45. The predicted molar refractivity (Wildman–Crippen MR) is 127 cm³/mol. The van der Waals surface area contributed by atoms with Gasteiger partial charge >= 0.3 is 12.1 Å². The first kappa shape index (κ1) is 22.6. The molecule has 0 unspecified atom stereocenters. The second kappa shape index (κ2) is 9.25. The van der Waals surface area contributed by atoms with Gasteiger partial charge in [0.2, 0.25) is 5.91 Å². The van der Waals surface area contributed by atoms with E-state index in [1.165, 1.54) is 6.33 Å². The van der Waals surface area contributed by atoms with Gasteiger partial charge in [-0.25, -0.2) is 9.78 Å². The number of ether oxygens (including phenoxy) is 1. The van der Waals surface area contributed by atoms with Crippen LogP contribution in [0.1, 0.15) is 35.6 Å². The molecule has 5 rings (SSSR count). The van der Waals surface area contributed by atoms with Crippen molar-refractivity contribution in [2.45, 2.75) is 31.2 Å². The summed E-state index contributed by atoms with van der Waals surface area (Å²) in [5, 5.41) is 14.7. The van der Waals surface area contributed by atoms with Crippen LogP contribution >= 0.6 is 0 Å². The van der Waals surface area contributed by atoms with Crippen molar-refractivity contribution < 1.29 is 24.2 Å². The summed E-state index contributed by atoms with van der Waals surface area (Å²) in [6.07, 6.45) is 3.55. The van der Waals surface area contributed by atoms with E-state index >= 15 is 0 Å². The van der Waals surface area contributed by atoms with E-state index in [1.807, 2.05) is 36.4 Å². The van der Waals surface area contributed by atoms with Gasteiger partial charge in [0, 0.05) is 30.8 Å². The van der Waals surface area contributed by atoms with Gasteiger partial charge in [-0.1, -0.05) is 48.5 Å². The van der Waals surface area contributed by atoms with Crippen molar-refractivity contribution in [2.24, 2.45) is 5.41 Å². The molecule has 1 aromatic heterocycles. The molecule has 0 radical (unpaired) electrons. The molecular formula is C26H26N4O5. The number of carbonyl (C=O) groups excluding carboxylic acids is 2. The molecule has 35 heavy (non-hydrogen) atoms. The monoisotopic (exact) mass is 474 g/mol. The number of H-pyrrole nitrogens is 1. The summed E-state index contributed by atoms with van der Waals surface area (Å²) in [5.41, 5.74) is 4.19. The van der Waals surface area contributed by atoms with Gasteiger partial charge in [0.1, 0.15) is 12.6 Å². The molecule has 4 N–H and O–H groups in total. The highest BCUT2D eigenvalue weighted by atomic mass is 16.5. The summed E-state index contributed by atoms with van der Waals surface area (Å²) >= 11 is 0. The first-order valence-corrected chi connectivity index (χ1v) is 11.6. The lowest BCUT2D eigenvalue weighted by Crippen LogP contribution is -2.50. The van der Waals surface area contributed by atoms with E-state index in [0.29, 0.717) is 18.5 Å². The van der Waals surface area contributed by atoms with Crippen molar-refractivity contribution >= 4 is 18.0 Å². The Morgan fingerprint density at radius 2 is 1.74 bits per heavy atom. The van der Waals surface area contributed by atoms with Gasteiger partial charge in [0.05, 0.1) is 11.7 Å². The first-order chi connectivity index (χ1) is 17.0. The van der Waals surface area contributed by atoms with E-state index in [2.05, 4.69) is 32.7 Å². The van der Waals surface area contributed by atoms with Crippen molar-refractivity contribution in [3.63, 3.8) is 0 Å². The zero-order valence-corrected chi connectivity index (χ0v) is 19.0. The molecule has 1 atom stereocenters. The van der Waals surface area contributed by atoms with Crippen LogP contribution in [-0.2, 0) is 20.7 Å². The molecular weight excluding hydrogens is 448 g/mol. The highest BCUT2D eigenvalue weighted by Gasteiger charge is 2.50. The average molecular weight is 475 g/mol. The summed E-state index contributed by atoms with van der Waals surface area (Å²) in [6.45, 7) is 0.146. The number of alkyl carbamates (subject to hydrolysis) is 1. The van der Waals surface area contributed by atoms with E-state index in [1.54, 1.807) is 6.20 Å². The molecule has 1 heterocycles. The lowest BCUT2D eigenvalue weighted by molar-refractivity contribution is -0.143. The number of nitrogens with one attached hydrogen (secondary N) is 3. The number of carboxylic acid groups (broad SMARTS) is 1. The number of benzene rings is 2. The Morgan fingerprint density at radius 3 is 2.31 bits per heavy atom. The molecule has 1 fully saturated rings. The fourth-order valence-electron chi connectivity index (χ4n) is 4.60. The topological polar surface area (TPSA) is 133 Å². The van der Waals surface area contributed by atoms with Crippen LogP contribution in [0.3, 0.4) is 0 Å². The SMILES string of the molecule is O=C(N[C@H](Cc1cnc[nH]1)C(=O)NCC1(C(=O)O)CC1)OCC1c2ccccc2-c2ccccc21. The second-order valence-electron chi connectivity index (χ2n) is 9.11. The van der Waals surface area contributed by atoms with Crippen LogP contribution < -0.4 is 10.6 Å². The van der Waals surface area contributed by atoms with Crippen molar-refractivity contribution in [3.05, 3.63) is 77.9 Å². The molecule has 2 aliphatic rings. The Kier molecular flexibility index (Phi) is 5.98. The van der Waals surface area contributed by atoms with E-state index in [4.69, 9.17) is 4.74 Å². The number of carboxylic acids is 1. The minimum atomic E-state index is -0.948. The maximum Gasteiger partial charge on any atom is 0.407 e. The minimum Gasteiger partial charge on any atom is -0.481 e. The van der Waals surface area contributed by atoms with Gasteiger partial charge in [-0.3, -0.25) is 9.59 Å². The average Bonchev–Trinajstić information content (AvgIpc) is 3.37. The second-order valence-corrected chi connectivity index (χ2v) is 9.11. The summed E-state index contributed by atoms with van der Waals surface area (Å²) < 4.78 is 5.59. The largest absolute Gasteiger partial charge is 0.481 e. The van der Waals surface area contributed by atoms with E-state index < -0.39 is 29.4 Å². The van der Waals surface area contributed by atoms with Gasteiger partial charge in [-0.15, -0.1) is 0 Å². The number of rotatable bonds is 9. The zero-order valence-electron chi connectivity index (χ0n) is 19.0. The third-order valence-electron chi connectivity index (χ3n) is 6.84. The molecule has 9 heteroatoms. The molecule has 1 saturated carbocycles. The smallest absolute Gasteiger partial charge is 0.407 e. The lowest BCUT2D eigenvalue weighted by Gasteiger charge is -2.20. The molecule has 0 spiro atoms. The summed E-state index contributed by atoms with van der Waals surface area (Å²) in [4.78, 5) is 43.9. The fourth-order valence-corrected chi connectivity index (χ4v) is 4.60. The lowest BCUT2D eigenvalue weighted by atomic mass is 9.98. The maximum absolute atomic E-state index is 12.9. The number of aliphatic carboxylic acids is 1. The number of nitrogens with zero attached hydrogens (tertiary/aromatic N) is 1. The number of aromatic amines is 1. The standard InChI is InChI=1S/C26H26N4O5/c31-23(28-14-26(9-10-26)24(32)33)22(11-16-12-27-15-29-16)30-25(34)35-13-21-19-7-3-1-5-17(19)18-6-2-4-8-20(18)21/h1-8,12,15,21-22H,9-11,13-14H2,(H,27,29)(H,28,31)(H,30,34)(H,32,33)/t22-/m1/s1. The van der Waals surface area contributed by atoms with Crippen LogP contribution in [0.25, 0.3) is 11.1 Å². The van der Waals surface area contributed by atoms with Crippen LogP contribution in [0, 0.1) is 5.41 Å². The molecule has 2 aliphatic carbocycles. The molecule has 9 nitrogen and oxygen atoms in total. The van der Waals surface area contributed by atoms with Crippen molar-refractivity contribution in [3.8, 4) is 11.1 Å². The quantitative estimate of drug-likeness (QED) is 0.377. The first-order valence-electron chi connectivity index (χ1n) is 11.6. The van der Waals surface area contributed by atoms with Crippen LogP contribution in [0.4, 0.5) is 4.79 Å². The summed E-state index contributed by atoms with van der Waals surface area (Å²) in [5.74, 6) is -1.49. The van der Waals surface area contributed by atoms with E-state index in [9.17, 15) is 19.5 Å². The number of carbonyl (C=O) groups is 3. The van der Waals surface area contributed by atoms with Crippen LogP contribution in [-0.4, -0.2) is 52.2 Å². The number of amides is 2. The Hall–Kier alpha value is -4.14. The molecule has 2 amide bonds. The third kappa shape index (κ3) is 4.62. The number of aromatic nitrogens is 2. The number of hydrogen-bond donors (Lipinski definition) is 4. The van der Waals surface area contributed by atoms with Gasteiger partial charge < -0.3 is 25.5 Å². The Labute approximate surface area is 201 Å². The van der Waals surface area contributed by atoms with Crippen LogP contribution in [0.2, 0.25) is 0 Å². The molecule has 0 bridgehead atoms. The Bertz CT molecular complexity index is 1210. The highest BCUT2D eigenvalue weighted by molar-refractivity contribution is 5.87. The molecule has 2 aromatic carbocycles. The van der Waals surface area contributed by atoms with Crippen molar-refractivity contribution in [2.75, 3.05) is 13.2 Å². The van der Waals surface area contributed by atoms with Crippen LogP contribution in [0.5, 0.6) is 0 Å². The molecule has 0 saturated heterocycles. The zero-order chi connectivity index (χ0) is 24.4. The summed E-state index contributed by atoms with van der Waals surface area (Å²) in [7, 11) is 0. The number of imidazole rings is 1.